The number of benzene rings is 1. The van der Waals surface area contributed by atoms with Crippen LogP contribution in [-0.4, -0.2) is 26.2 Å². The highest BCUT2D eigenvalue weighted by Crippen LogP contribution is 2.41. The molecule has 1 heterocycles. The fourth-order valence-corrected chi connectivity index (χ4v) is 3.18. The molecular formula is C18H23F2N3O2. The minimum absolute atomic E-state index is 0.0479. The molecule has 1 aliphatic carbocycles. The van der Waals surface area contributed by atoms with Gasteiger partial charge in [-0.2, -0.15) is 0 Å². The van der Waals surface area contributed by atoms with E-state index in [1.165, 1.54) is 0 Å². The molecule has 1 aromatic heterocycles. The van der Waals surface area contributed by atoms with Crippen LogP contribution >= 0.6 is 0 Å². The van der Waals surface area contributed by atoms with Crippen LogP contribution in [0.25, 0.3) is 11.0 Å². The average Bonchev–Trinajstić information content (AvgIpc) is 3.22. The molecule has 1 aromatic carbocycles. The fraction of sp³-hybridized carbons (Fsp3) is 0.556. The van der Waals surface area contributed by atoms with Crippen molar-refractivity contribution in [2.75, 3.05) is 5.32 Å². The van der Waals surface area contributed by atoms with E-state index in [1.54, 1.807) is 11.5 Å². The Morgan fingerprint density at radius 2 is 1.88 bits per heavy atom. The van der Waals surface area contributed by atoms with Crippen molar-refractivity contribution in [3.63, 3.8) is 0 Å². The Balaban J connectivity index is 1.96. The van der Waals surface area contributed by atoms with E-state index < -0.39 is 22.8 Å². The number of hydrogen-bond donors (Lipinski definition) is 2. The second-order valence-corrected chi connectivity index (χ2v) is 8.05. The molecule has 2 aromatic rings. The number of nitrogens with zero attached hydrogens (tertiary/aromatic N) is 2. The molecule has 5 nitrogen and oxygen atoms in total. The van der Waals surface area contributed by atoms with Gasteiger partial charge in [0.25, 0.3) is 0 Å². The average molecular weight is 351 g/mol. The lowest BCUT2D eigenvalue weighted by Crippen LogP contribution is -2.34. The fourth-order valence-electron chi connectivity index (χ4n) is 3.18. The second kappa shape index (κ2) is 5.76. The van der Waals surface area contributed by atoms with Crippen LogP contribution in [0.3, 0.4) is 0 Å². The van der Waals surface area contributed by atoms with Crippen LogP contribution < -0.4 is 5.32 Å². The van der Waals surface area contributed by atoms with Crippen LogP contribution in [0.5, 0.6) is 0 Å². The SMILES string of the molecule is CC(O)(CC(=O)Nc1nc2cc(F)c(F)cc2n1C(C)(C)C)C1CC1. The number of hydrogen-bond acceptors (Lipinski definition) is 3. The van der Waals surface area contributed by atoms with Crippen LogP contribution in [0.2, 0.25) is 0 Å². The summed E-state index contributed by atoms with van der Waals surface area (Å²) in [5, 5.41) is 13.0. The lowest BCUT2D eigenvalue weighted by molar-refractivity contribution is -0.121. The number of anilines is 1. The molecule has 0 saturated heterocycles. The summed E-state index contributed by atoms with van der Waals surface area (Å²) < 4.78 is 28.9. The summed E-state index contributed by atoms with van der Waals surface area (Å²) in [5.41, 5.74) is -0.907. The van der Waals surface area contributed by atoms with Crippen molar-refractivity contribution >= 4 is 22.9 Å². The molecule has 2 N–H and O–H groups in total. The third kappa shape index (κ3) is 3.51. The molecule has 1 fully saturated rings. The van der Waals surface area contributed by atoms with Gasteiger partial charge >= 0.3 is 0 Å². The predicted molar refractivity (Wildman–Crippen MR) is 91.2 cm³/mol. The van der Waals surface area contributed by atoms with Gasteiger partial charge in [-0.05, 0) is 46.5 Å². The highest BCUT2D eigenvalue weighted by Gasteiger charge is 2.41. The van der Waals surface area contributed by atoms with Gasteiger partial charge in [-0.1, -0.05) is 0 Å². The topological polar surface area (TPSA) is 67.2 Å². The Bertz CT molecular complexity index is 833. The molecule has 1 amide bonds. The number of halogens is 2. The van der Waals surface area contributed by atoms with Gasteiger partial charge in [0.2, 0.25) is 11.9 Å². The third-order valence-corrected chi connectivity index (χ3v) is 4.59. The maximum atomic E-state index is 13.7. The molecule has 0 spiro atoms. The molecule has 1 saturated carbocycles. The van der Waals surface area contributed by atoms with Gasteiger partial charge in [-0.3, -0.25) is 10.1 Å². The summed E-state index contributed by atoms with van der Waals surface area (Å²) in [4.78, 5) is 16.6. The molecule has 1 unspecified atom stereocenters. The summed E-state index contributed by atoms with van der Waals surface area (Å²) in [6.45, 7) is 7.30. The van der Waals surface area contributed by atoms with Crippen LogP contribution in [-0.2, 0) is 10.3 Å². The Kier molecular flexibility index (Phi) is 4.10. The van der Waals surface area contributed by atoms with Gasteiger partial charge in [-0.15, -0.1) is 0 Å². The minimum atomic E-state index is -1.05. The van der Waals surface area contributed by atoms with Crippen LogP contribution in [0.4, 0.5) is 14.7 Å². The molecule has 136 valence electrons. The van der Waals surface area contributed by atoms with Gasteiger partial charge in [-0.25, -0.2) is 13.8 Å². The zero-order chi connectivity index (χ0) is 18.6. The summed E-state index contributed by atoms with van der Waals surface area (Å²) in [6.07, 6.45) is 1.78. The van der Waals surface area contributed by atoms with Gasteiger partial charge in [0.05, 0.1) is 23.1 Å². The number of nitrogens with one attached hydrogen (secondary N) is 1. The summed E-state index contributed by atoms with van der Waals surface area (Å²) >= 11 is 0. The molecule has 0 bridgehead atoms. The molecule has 1 atom stereocenters. The zero-order valence-electron chi connectivity index (χ0n) is 14.9. The van der Waals surface area contributed by atoms with Crippen molar-refractivity contribution in [3.8, 4) is 0 Å². The summed E-state index contributed by atoms with van der Waals surface area (Å²) in [6, 6.07) is 2.10. The van der Waals surface area contributed by atoms with Crippen molar-refractivity contribution in [1.29, 1.82) is 0 Å². The normalized spacial score (nSPS) is 17.6. The van der Waals surface area contributed by atoms with Crippen molar-refractivity contribution in [2.24, 2.45) is 5.92 Å². The van der Waals surface area contributed by atoms with Crippen molar-refractivity contribution in [2.45, 2.75) is 58.1 Å². The second-order valence-electron chi connectivity index (χ2n) is 8.05. The van der Waals surface area contributed by atoms with Gasteiger partial charge < -0.3 is 9.67 Å². The number of carbonyl (C=O) groups is 1. The molecule has 1 aliphatic rings. The van der Waals surface area contributed by atoms with Crippen molar-refractivity contribution in [3.05, 3.63) is 23.8 Å². The molecule has 0 aliphatic heterocycles. The van der Waals surface area contributed by atoms with Gasteiger partial charge in [0, 0.05) is 17.7 Å². The molecule has 3 rings (SSSR count). The number of rotatable bonds is 4. The van der Waals surface area contributed by atoms with E-state index in [2.05, 4.69) is 10.3 Å². The van der Waals surface area contributed by atoms with E-state index in [0.29, 0.717) is 5.52 Å². The van der Waals surface area contributed by atoms with E-state index >= 15 is 0 Å². The number of imidazole rings is 1. The summed E-state index contributed by atoms with van der Waals surface area (Å²) in [5.74, 6) is -1.97. The first-order chi connectivity index (χ1) is 11.5. The monoisotopic (exact) mass is 351 g/mol. The predicted octanol–water partition coefficient (Wildman–Crippen LogP) is 3.56. The molecule has 0 radical (unpaired) electrons. The van der Waals surface area contributed by atoms with E-state index in [9.17, 15) is 18.7 Å². The first-order valence-electron chi connectivity index (χ1n) is 8.39. The van der Waals surface area contributed by atoms with Crippen LogP contribution in [0.15, 0.2) is 12.1 Å². The number of aromatic nitrogens is 2. The maximum Gasteiger partial charge on any atom is 0.229 e. The number of fused-ring (bicyclic) bond motifs is 1. The molecule has 25 heavy (non-hydrogen) atoms. The van der Waals surface area contributed by atoms with E-state index in [4.69, 9.17) is 0 Å². The summed E-state index contributed by atoms with van der Waals surface area (Å²) in [7, 11) is 0. The van der Waals surface area contributed by atoms with Crippen LogP contribution in [0, 0.1) is 17.6 Å². The largest absolute Gasteiger partial charge is 0.389 e. The molecular weight excluding hydrogens is 328 g/mol. The Labute approximate surface area is 145 Å². The quantitative estimate of drug-likeness (QED) is 0.885. The smallest absolute Gasteiger partial charge is 0.229 e. The number of aliphatic hydroxyl groups is 1. The molecule has 7 heteroatoms. The highest BCUT2D eigenvalue weighted by atomic mass is 19.2. The Hall–Kier alpha value is -2.02. The van der Waals surface area contributed by atoms with Crippen molar-refractivity contribution in [1.82, 2.24) is 9.55 Å². The number of carbonyl (C=O) groups excluding carboxylic acids is 1. The van der Waals surface area contributed by atoms with E-state index in [-0.39, 0.29) is 29.7 Å². The van der Waals surface area contributed by atoms with E-state index in [1.807, 2.05) is 20.8 Å². The van der Waals surface area contributed by atoms with Gasteiger partial charge in [0.15, 0.2) is 11.6 Å². The van der Waals surface area contributed by atoms with E-state index in [0.717, 1.165) is 25.0 Å². The van der Waals surface area contributed by atoms with Gasteiger partial charge in [0.1, 0.15) is 0 Å². The zero-order valence-corrected chi connectivity index (χ0v) is 14.9. The third-order valence-electron chi connectivity index (χ3n) is 4.59. The highest BCUT2D eigenvalue weighted by molar-refractivity contribution is 5.92. The standard InChI is InChI=1S/C18H23F2N3O2/c1-17(2,3)23-14-8-12(20)11(19)7-13(14)21-16(23)22-15(24)9-18(4,25)10-5-6-10/h7-8,10,25H,5-6,9H2,1-4H3,(H,21,22,24). The lowest BCUT2D eigenvalue weighted by atomic mass is 9.96. The number of amides is 1. The minimum Gasteiger partial charge on any atom is -0.389 e. The maximum absolute atomic E-state index is 13.7. The van der Waals surface area contributed by atoms with Crippen LogP contribution in [0.1, 0.15) is 47.0 Å². The van der Waals surface area contributed by atoms with Crippen molar-refractivity contribution < 1.29 is 18.7 Å². The lowest BCUT2D eigenvalue weighted by Gasteiger charge is -2.26. The Morgan fingerprint density at radius 1 is 1.28 bits per heavy atom. The first-order valence-corrected chi connectivity index (χ1v) is 8.39. The first kappa shape index (κ1) is 17.8. The Morgan fingerprint density at radius 3 is 2.44 bits per heavy atom.